The number of carbonyl (C=O) groups excluding carboxylic acids is 2. The molecule has 11 heteroatoms. The van der Waals surface area contributed by atoms with Crippen LogP contribution < -0.4 is 21.1 Å². The Bertz CT molecular complexity index is 1310. The second kappa shape index (κ2) is 8.93. The summed E-state index contributed by atoms with van der Waals surface area (Å²) < 4.78 is 7.39. The van der Waals surface area contributed by atoms with Crippen LogP contribution in [0.25, 0.3) is 16.7 Å². The molecule has 0 aliphatic carbocycles. The quantitative estimate of drug-likeness (QED) is 0.342. The topological polar surface area (TPSA) is 140 Å². The number of aromatic amines is 1. The van der Waals surface area contributed by atoms with Gasteiger partial charge in [0.15, 0.2) is 5.69 Å². The number of imidazole rings is 2. The van der Waals surface area contributed by atoms with E-state index < -0.39 is 11.8 Å². The number of para-hydroxylation sites is 2. The number of nitrogens with zero attached hydrogens (tertiary/aromatic N) is 3. The maximum Gasteiger partial charge on any atom is 0.279 e. The fourth-order valence-electron chi connectivity index (χ4n) is 3.62. The Morgan fingerprint density at radius 3 is 2.67 bits per heavy atom. The monoisotopic (exact) mass is 467 g/mol. The molecule has 10 nitrogen and oxygen atoms in total. The highest BCUT2D eigenvalue weighted by Gasteiger charge is 2.25. The molecule has 0 radical (unpaired) electrons. The molecule has 0 unspecified atom stereocenters. The number of nitrogens with two attached hydrogens (primary N) is 1. The molecule has 4 aromatic rings. The van der Waals surface area contributed by atoms with Gasteiger partial charge in [-0.15, -0.1) is 12.4 Å². The average molecular weight is 468 g/mol. The van der Waals surface area contributed by atoms with Crippen LogP contribution in [0.15, 0.2) is 48.8 Å². The van der Waals surface area contributed by atoms with Gasteiger partial charge in [0.05, 0.1) is 16.7 Å². The van der Waals surface area contributed by atoms with Crippen LogP contribution in [0.1, 0.15) is 26.5 Å². The third-order valence-electron chi connectivity index (χ3n) is 5.31. The first-order chi connectivity index (χ1) is 15.5. The highest BCUT2D eigenvalue weighted by molar-refractivity contribution is 6.10. The summed E-state index contributed by atoms with van der Waals surface area (Å²) >= 11 is 0. The summed E-state index contributed by atoms with van der Waals surface area (Å²) in [6.45, 7) is 3.52. The second-order valence-electron chi connectivity index (χ2n) is 7.58. The molecule has 1 saturated heterocycles. The van der Waals surface area contributed by atoms with Crippen molar-refractivity contribution in [3.8, 4) is 11.4 Å². The van der Waals surface area contributed by atoms with Gasteiger partial charge in [-0.2, -0.15) is 0 Å². The van der Waals surface area contributed by atoms with E-state index in [9.17, 15) is 9.59 Å². The Hall–Kier alpha value is -3.89. The number of amides is 2. The van der Waals surface area contributed by atoms with Crippen LogP contribution >= 0.6 is 12.4 Å². The predicted octanol–water partition coefficient (Wildman–Crippen LogP) is 2.18. The lowest BCUT2D eigenvalue weighted by Gasteiger charge is -2.28. The van der Waals surface area contributed by atoms with E-state index in [2.05, 4.69) is 25.6 Å². The first-order valence-corrected chi connectivity index (χ1v) is 10.1. The largest absolute Gasteiger partial charge is 0.488 e. The van der Waals surface area contributed by atoms with Gasteiger partial charge in [0.1, 0.15) is 23.9 Å². The third-order valence-corrected chi connectivity index (χ3v) is 5.31. The van der Waals surface area contributed by atoms with Crippen molar-refractivity contribution < 1.29 is 14.3 Å². The van der Waals surface area contributed by atoms with Crippen molar-refractivity contribution in [2.75, 3.05) is 18.4 Å². The van der Waals surface area contributed by atoms with E-state index in [0.29, 0.717) is 11.2 Å². The fraction of sp³-hybridized carbons (Fsp3) is 0.182. The molecule has 2 aromatic carbocycles. The second-order valence-corrected chi connectivity index (χ2v) is 7.58. The highest BCUT2D eigenvalue weighted by atomic mass is 35.5. The van der Waals surface area contributed by atoms with Crippen LogP contribution in [0.4, 0.5) is 5.95 Å². The van der Waals surface area contributed by atoms with Crippen molar-refractivity contribution in [1.29, 1.82) is 0 Å². The van der Waals surface area contributed by atoms with E-state index in [4.69, 9.17) is 10.5 Å². The highest BCUT2D eigenvalue weighted by Crippen LogP contribution is 2.24. The number of hydrogen-bond acceptors (Lipinski definition) is 6. The number of primary amides is 1. The number of fused-ring (bicyclic) bond motifs is 1. The van der Waals surface area contributed by atoms with E-state index in [1.165, 1.54) is 10.9 Å². The van der Waals surface area contributed by atoms with Gasteiger partial charge in [0.25, 0.3) is 11.8 Å². The van der Waals surface area contributed by atoms with E-state index in [1.54, 1.807) is 0 Å². The SMILES string of the molecule is Cc1cc(OC2CNC2)ccc1-n1cnc(C(=O)Nc2nc3ccccc3[nH]2)c1C(N)=O.Cl. The molecule has 3 heterocycles. The molecule has 0 bridgehead atoms. The molecule has 1 aliphatic heterocycles. The van der Waals surface area contributed by atoms with Crippen LogP contribution in [0.2, 0.25) is 0 Å². The Labute approximate surface area is 195 Å². The molecule has 0 saturated carbocycles. The first-order valence-electron chi connectivity index (χ1n) is 10.1. The number of rotatable bonds is 6. The molecule has 170 valence electrons. The predicted molar refractivity (Wildman–Crippen MR) is 125 cm³/mol. The number of hydrogen-bond donors (Lipinski definition) is 4. The van der Waals surface area contributed by atoms with E-state index in [1.807, 2.05) is 49.4 Å². The normalized spacial score (nSPS) is 13.2. The number of benzene rings is 2. The fourth-order valence-corrected chi connectivity index (χ4v) is 3.62. The van der Waals surface area contributed by atoms with Crippen LogP contribution in [0.3, 0.4) is 0 Å². The van der Waals surface area contributed by atoms with Crippen molar-refractivity contribution in [3.05, 3.63) is 65.7 Å². The first kappa shape index (κ1) is 22.3. The number of anilines is 1. The minimum Gasteiger partial charge on any atom is -0.488 e. The van der Waals surface area contributed by atoms with Crippen molar-refractivity contribution >= 4 is 41.2 Å². The van der Waals surface area contributed by atoms with Gasteiger partial charge in [0, 0.05) is 13.1 Å². The number of aryl methyl sites for hydroxylation is 1. The summed E-state index contributed by atoms with van der Waals surface area (Å²) in [6.07, 6.45) is 1.56. The molecule has 2 amide bonds. The molecule has 0 spiro atoms. The Morgan fingerprint density at radius 1 is 1.21 bits per heavy atom. The third kappa shape index (κ3) is 4.26. The van der Waals surface area contributed by atoms with Gasteiger partial charge >= 0.3 is 0 Å². The number of nitrogens with one attached hydrogen (secondary N) is 3. The zero-order valence-corrected chi connectivity index (χ0v) is 18.5. The number of aromatic nitrogens is 4. The standard InChI is InChI=1S/C22H21N7O3.ClH/c1-12-8-13(32-14-9-24-10-14)6-7-17(12)29-11-25-18(19(29)20(23)30)21(31)28-22-26-15-4-2-3-5-16(15)27-22;/h2-8,11,14,24H,9-10H2,1H3,(H2,23,30)(H2,26,27,28,31);1H. The van der Waals surface area contributed by atoms with E-state index in [-0.39, 0.29) is 35.8 Å². The zero-order chi connectivity index (χ0) is 22.2. The molecular formula is C22H22ClN7O3. The van der Waals surface area contributed by atoms with Crippen LogP contribution in [-0.2, 0) is 0 Å². The maximum absolute atomic E-state index is 12.9. The molecule has 1 aliphatic rings. The Balaban J connectivity index is 0.00000259. The molecule has 33 heavy (non-hydrogen) atoms. The molecular weight excluding hydrogens is 446 g/mol. The van der Waals surface area contributed by atoms with Crippen molar-refractivity contribution in [1.82, 2.24) is 24.8 Å². The number of ether oxygens (including phenoxy) is 1. The minimum atomic E-state index is -0.766. The summed E-state index contributed by atoms with van der Waals surface area (Å²) in [5, 5.41) is 5.81. The minimum absolute atomic E-state index is 0. The summed E-state index contributed by atoms with van der Waals surface area (Å²) in [5.41, 5.74) is 8.53. The summed E-state index contributed by atoms with van der Waals surface area (Å²) in [6, 6.07) is 12.9. The zero-order valence-electron chi connectivity index (χ0n) is 17.7. The van der Waals surface area contributed by atoms with Gasteiger partial charge in [0.2, 0.25) is 5.95 Å². The van der Waals surface area contributed by atoms with Crippen molar-refractivity contribution in [3.63, 3.8) is 0 Å². The van der Waals surface area contributed by atoms with Crippen LogP contribution in [0, 0.1) is 6.92 Å². The van der Waals surface area contributed by atoms with Crippen LogP contribution in [-0.4, -0.2) is 50.5 Å². The lowest BCUT2D eigenvalue weighted by atomic mass is 10.1. The summed E-state index contributed by atoms with van der Waals surface area (Å²) in [4.78, 5) is 36.7. The Kier molecular flexibility index (Phi) is 6.03. The number of H-pyrrole nitrogens is 1. The van der Waals surface area contributed by atoms with Gasteiger partial charge in [-0.1, -0.05) is 12.1 Å². The van der Waals surface area contributed by atoms with Crippen molar-refractivity contribution in [2.24, 2.45) is 5.73 Å². The smallest absolute Gasteiger partial charge is 0.279 e. The molecule has 1 fully saturated rings. The van der Waals surface area contributed by atoms with Gasteiger partial charge in [-0.25, -0.2) is 9.97 Å². The lowest BCUT2D eigenvalue weighted by molar-refractivity contribution is 0.0970. The summed E-state index contributed by atoms with van der Waals surface area (Å²) in [5.74, 6) is -0.366. The van der Waals surface area contributed by atoms with Gasteiger partial charge in [-0.3, -0.25) is 19.5 Å². The van der Waals surface area contributed by atoms with E-state index in [0.717, 1.165) is 29.9 Å². The van der Waals surface area contributed by atoms with Gasteiger partial charge in [-0.05, 0) is 42.8 Å². The lowest BCUT2D eigenvalue weighted by Crippen LogP contribution is -2.50. The summed E-state index contributed by atoms with van der Waals surface area (Å²) in [7, 11) is 0. The van der Waals surface area contributed by atoms with Crippen molar-refractivity contribution in [2.45, 2.75) is 13.0 Å². The maximum atomic E-state index is 12.9. The number of halogens is 1. The molecule has 5 rings (SSSR count). The number of carbonyl (C=O) groups is 2. The molecule has 5 N–H and O–H groups in total. The van der Waals surface area contributed by atoms with E-state index >= 15 is 0 Å². The molecule has 2 aromatic heterocycles. The van der Waals surface area contributed by atoms with Crippen LogP contribution in [0.5, 0.6) is 5.75 Å². The molecule has 0 atom stereocenters. The van der Waals surface area contributed by atoms with Gasteiger partial charge < -0.3 is 20.8 Å². The average Bonchev–Trinajstić information content (AvgIpc) is 3.34. The Morgan fingerprint density at radius 2 is 2.00 bits per heavy atom.